The van der Waals surface area contributed by atoms with Crippen LogP contribution in [0.25, 0.3) is 0 Å². The van der Waals surface area contributed by atoms with Crippen LogP contribution in [0.2, 0.25) is 0 Å². The van der Waals surface area contributed by atoms with Gasteiger partial charge in [-0.3, -0.25) is 0 Å². The van der Waals surface area contributed by atoms with E-state index in [1.807, 2.05) is 6.92 Å². The van der Waals surface area contributed by atoms with Crippen LogP contribution in [0.4, 0.5) is 0 Å². The molecular weight excluding hydrogens is 288 g/mol. The Kier molecular flexibility index (Phi) is 4.71. The number of benzene rings is 1. The summed E-state index contributed by atoms with van der Waals surface area (Å²) in [6.45, 7) is 1.87. The molecule has 0 N–H and O–H groups in total. The lowest BCUT2D eigenvalue weighted by atomic mass is 9.92. The van der Waals surface area contributed by atoms with Crippen molar-refractivity contribution in [3.63, 3.8) is 0 Å². The zero-order chi connectivity index (χ0) is 15.6. The van der Waals surface area contributed by atoms with Crippen molar-refractivity contribution in [3.8, 4) is 0 Å². The lowest BCUT2D eigenvalue weighted by Crippen LogP contribution is -2.14. The van der Waals surface area contributed by atoms with Gasteiger partial charge in [0.2, 0.25) is 0 Å². The number of hydrogen-bond acceptors (Lipinski definition) is 4. The molecule has 5 heteroatoms. The number of carbonyl (C=O) groups is 1. The van der Waals surface area contributed by atoms with Gasteiger partial charge in [-0.05, 0) is 42.4 Å². The lowest BCUT2D eigenvalue weighted by Gasteiger charge is -2.19. The van der Waals surface area contributed by atoms with Crippen LogP contribution in [0.1, 0.15) is 60.0 Å². The molecule has 0 atom stereocenters. The molecule has 21 heavy (non-hydrogen) atoms. The van der Waals surface area contributed by atoms with Crippen molar-refractivity contribution < 1.29 is 17.9 Å². The van der Waals surface area contributed by atoms with Crippen molar-refractivity contribution in [1.29, 1.82) is 0 Å². The summed E-state index contributed by atoms with van der Waals surface area (Å²) in [6, 6.07) is 3.52. The fourth-order valence-corrected chi connectivity index (χ4v) is 4.66. The molecule has 1 aromatic rings. The minimum absolute atomic E-state index is 0.284. The minimum Gasteiger partial charge on any atom is -0.465 e. The van der Waals surface area contributed by atoms with Gasteiger partial charge >= 0.3 is 5.97 Å². The highest BCUT2D eigenvalue weighted by Crippen LogP contribution is 2.39. The molecule has 0 heterocycles. The smallest absolute Gasteiger partial charge is 0.338 e. The van der Waals surface area contributed by atoms with Gasteiger partial charge in [0, 0.05) is 6.26 Å². The zero-order valence-electron chi connectivity index (χ0n) is 12.8. The largest absolute Gasteiger partial charge is 0.465 e. The number of carbonyl (C=O) groups excluding carboxylic acids is 1. The van der Waals surface area contributed by atoms with E-state index in [4.69, 9.17) is 4.74 Å². The molecule has 1 aliphatic rings. The predicted octanol–water partition coefficient (Wildman–Crippen LogP) is 3.10. The quantitative estimate of drug-likeness (QED) is 0.802. The number of methoxy groups -OCH3 is 1. The Balaban J connectivity index is 2.70. The van der Waals surface area contributed by atoms with Crippen LogP contribution in [0.3, 0.4) is 0 Å². The Morgan fingerprint density at radius 1 is 1.29 bits per heavy atom. The number of ether oxygens (including phenoxy) is 1. The van der Waals surface area contributed by atoms with E-state index in [0.29, 0.717) is 22.4 Å². The molecule has 0 aliphatic heterocycles. The summed E-state index contributed by atoms with van der Waals surface area (Å²) in [5.41, 5.74) is 1.83. The van der Waals surface area contributed by atoms with Crippen molar-refractivity contribution in [2.75, 3.05) is 13.4 Å². The van der Waals surface area contributed by atoms with E-state index in [1.54, 1.807) is 12.1 Å². The van der Waals surface area contributed by atoms with Gasteiger partial charge in [-0.25, -0.2) is 13.2 Å². The van der Waals surface area contributed by atoms with Crippen molar-refractivity contribution in [3.05, 3.63) is 28.8 Å². The molecule has 116 valence electrons. The molecule has 1 fully saturated rings. The topological polar surface area (TPSA) is 60.4 Å². The molecule has 0 unspecified atom stereocenters. The van der Waals surface area contributed by atoms with Gasteiger partial charge in [-0.1, -0.05) is 25.8 Å². The number of esters is 1. The Labute approximate surface area is 126 Å². The van der Waals surface area contributed by atoms with E-state index >= 15 is 0 Å². The van der Waals surface area contributed by atoms with Gasteiger partial charge < -0.3 is 4.74 Å². The fourth-order valence-electron chi connectivity index (χ4n) is 3.29. The summed E-state index contributed by atoms with van der Waals surface area (Å²) in [5, 5.41) is 0. The van der Waals surface area contributed by atoms with Crippen LogP contribution in [0.15, 0.2) is 17.0 Å². The van der Waals surface area contributed by atoms with Crippen molar-refractivity contribution in [1.82, 2.24) is 0 Å². The molecule has 2 rings (SSSR count). The molecule has 1 saturated carbocycles. The summed E-state index contributed by atoms with van der Waals surface area (Å²) < 4.78 is 29.4. The van der Waals surface area contributed by atoms with Gasteiger partial charge in [-0.2, -0.15) is 0 Å². The van der Waals surface area contributed by atoms with Gasteiger partial charge in [0.15, 0.2) is 9.84 Å². The Bertz CT molecular complexity index is 640. The zero-order valence-corrected chi connectivity index (χ0v) is 13.6. The summed E-state index contributed by atoms with van der Waals surface area (Å²) in [7, 11) is -2.07. The predicted molar refractivity (Wildman–Crippen MR) is 81.5 cm³/mol. The number of sulfone groups is 1. The summed E-state index contributed by atoms with van der Waals surface area (Å²) in [4.78, 5) is 12.2. The second-order valence-corrected chi connectivity index (χ2v) is 7.56. The normalized spacial score (nSPS) is 16.1. The molecule has 0 aromatic heterocycles. The second-order valence-electron chi connectivity index (χ2n) is 5.61. The lowest BCUT2D eigenvalue weighted by molar-refractivity contribution is 0.0599. The summed E-state index contributed by atoms with van der Waals surface area (Å²) in [6.07, 6.45) is 6.02. The monoisotopic (exact) mass is 310 g/mol. The molecule has 0 spiro atoms. The van der Waals surface area contributed by atoms with E-state index < -0.39 is 15.8 Å². The Hall–Kier alpha value is -1.36. The van der Waals surface area contributed by atoms with Crippen molar-refractivity contribution >= 4 is 15.8 Å². The molecule has 0 radical (unpaired) electrons. The van der Waals surface area contributed by atoms with Crippen LogP contribution in [-0.2, 0) is 21.0 Å². The molecule has 0 amide bonds. The maximum atomic E-state index is 12.3. The summed E-state index contributed by atoms with van der Waals surface area (Å²) in [5.74, 6) is -0.193. The first-order valence-corrected chi connectivity index (χ1v) is 9.23. The third kappa shape index (κ3) is 3.12. The van der Waals surface area contributed by atoms with E-state index in [0.717, 1.165) is 31.2 Å². The molecule has 0 bridgehead atoms. The molecule has 4 nitrogen and oxygen atoms in total. The van der Waals surface area contributed by atoms with Crippen LogP contribution in [0.5, 0.6) is 0 Å². The standard InChI is InChI=1S/C16H22O4S/c1-4-12-14(16(17)20-2)10-9-13(11-7-5-6-8-11)15(12)21(3,18)19/h9-11H,4-8H2,1-3H3. The Morgan fingerprint density at radius 3 is 2.38 bits per heavy atom. The molecular formula is C16H22O4S. The first-order chi connectivity index (χ1) is 9.90. The van der Waals surface area contributed by atoms with Crippen LogP contribution >= 0.6 is 0 Å². The molecule has 1 aliphatic carbocycles. The third-order valence-electron chi connectivity index (χ3n) is 4.22. The second kappa shape index (κ2) is 6.18. The van der Waals surface area contributed by atoms with E-state index in [2.05, 4.69) is 0 Å². The Morgan fingerprint density at radius 2 is 1.90 bits per heavy atom. The van der Waals surface area contributed by atoms with Crippen LogP contribution in [-0.4, -0.2) is 27.8 Å². The molecule has 1 aromatic carbocycles. The SMILES string of the molecule is CCc1c(C(=O)OC)ccc(C2CCCC2)c1S(C)(=O)=O. The van der Waals surface area contributed by atoms with Crippen LogP contribution in [0, 0.1) is 0 Å². The van der Waals surface area contributed by atoms with Crippen molar-refractivity contribution in [2.45, 2.75) is 49.8 Å². The first kappa shape index (κ1) is 16.0. The highest BCUT2D eigenvalue weighted by atomic mass is 32.2. The van der Waals surface area contributed by atoms with Crippen LogP contribution < -0.4 is 0 Å². The first-order valence-electron chi connectivity index (χ1n) is 7.34. The fraction of sp³-hybridized carbons (Fsp3) is 0.562. The van der Waals surface area contributed by atoms with Gasteiger partial charge in [0.1, 0.15) is 0 Å². The average Bonchev–Trinajstić information content (AvgIpc) is 2.97. The minimum atomic E-state index is -3.39. The highest BCUT2D eigenvalue weighted by Gasteiger charge is 2.28. The number of hydrogen-bond donors (Lipinski definition) is 0. The van der Waals surface area contributed by atoms with Gasteiger partial charge in [0.05, 0.1) is 17.6 Å². The van der Waals surface area contributed by atoms with Crippen molar-refractivity contribution in [2.24, 2.45) is 0 Å². The maximum Gasteiger partial charge on any atom is 0.338 e. The van der Waals surface area contributed by atoms with E-state index in [1.165, 1.54) is 13.4 Å². The van der Waals surface area contributed by atoms with Gasteiger partial charge in [-0.15, -0.1) is 0 Å². The van der Waals surface area contributed by atoms with E-state index in [9.17, 15) is 13.2 Å². The maximum absolute atomic E-state index is 12.3. The van der Waals surface area contributed by atoms with Gasteiger partial charge in [0.25, 0.3) is 0 Å². The summed E-state index contributed by atoms with van der Waals surface area (Å²) >= 11 is 0. The number of rotatable bonds is 4. The average molecular weight is 310 g/mol. The van der Waals surface area contributed by atoms with E-state index in [-0.39, 0.29) is 5.92 Å². The molecule has 0 saturated heterocycles. The highest BCUT2D eigenvalue weighted by molar-refractivity contribution is 7.90. The third-order valence-corrected chi connectivity index (χ3v) is 5.44.